The molecular formula is C17H20ClNO. The first-order valence-corrected chi connectivity index (χ1v) is 7.23. The summed E-state index contributed by atoms with van der Waals surface area (Å²) in [6.07, 6.45) is 0. The fourth-order valence-electron chi connectivity index (χ4n) is 1.96. The van der Waals surface area contributed by atoms with E-state index < -0.39 is 0 Å². The van der Waals surface area contributed by atoms with E-state index in [1.807, 2.05) is 30.3 Å². The first kappa shape index (κ1) is 14.9. The Bertz CT molecular complexity index is 596. The number of benzene rings is 2. The van der Waals surface area contributed by atoms with Gasteiger partial charge in [0.2, 0.25) is 0 Å². The predicted octanol–water partition coefficient (Wildman–Crippen LogP) is 4.86. The molecule has 1 N–H and O–H groups in total. The lowest BCUT2D eigenvalue weighted by Crippen LogP contribution is -2.11. The van der Waals surface area contributed by atoms with Crippen molar-refractivity contribution >= 4 is 11.6 Å². The Morgan fingerprint density at radius 2 is 1.95 bits per heavy atom. The van der Waals surface area contributed by atoms with E-state index in [4.69, 9.17) is 16.3 Å². The van der Waals surface area contributed by atoms with Crippen LogP contribution in [-0.2, 0) is 6.54 Å². The first-order chi connectivity index (χ1) is 9.61. The lowest BCUT2D eigenvalue weighted by atomic mass is 10.1. The van der Waals surface area contributed by atoms with Gasteiger partial charge in [-0.25, -0.2) is 0 Å². The van der Waals surface area contributed by atoms with Crippen LogP contribution >= 0.6 is 11.6 Å². The Hall–Kier alpha value is -1.51. The lowest BCUT2D eigenvalue weighted by Gasteiger charge is -2.12. The molecule has 2 nitrogen and oxygen atoms in total. The van der Waals surface area contributed by atoms with E-state index in [9.17, 15) is 0 Å². The van der Waals surface area contributed by atoms with Crippen LogP contribution < -0.4 is 10.1 Å². The number of rotatable bonds is 5. The number of nitrogens with one attached hydrogen (secondary N) is 1. The number of ether oxygens (including phenoxy) is 1. The number of hydrogen-bond donors (Lipinski definition) is 1. The molecule has 0 radical (unpaired) electrons. The minimum absolute atomic E-state index is 0.730. The van der Waals surface area contributed by atoms with Crippen LogP contribution in [0, 0.1) is 13.8 Å². The molecule has 0 unspecified atom stereocenters. The van der Waals surface area contributed by atoms with Crippen molar-refractivity contribution in [3.63, 3.8) is 0 Å². The third-order valence-corrected chi connectivity index (χ3v) is 3.72. The molecular weight excluding hydrogens is 270 g/mol. The van der Waals surface area contributed by atoms with Gasteiger partial charge in [-0.1, -0.05) is 36.7 Å². The van der Waals surface area contributed by atoms with Crippen LogP contribution in [0.2, 0.25) is 5.02 Å². The fourth-order valence-corrected chi connectivity index (χ4v) is 2.19. The quantitative estimate of drug-likeness (QED) is 0.849. The second kappa shape index (κ2) is 6.78. The smallest absolute Gasteiger partial charge is 0.130 e. The molecule has 0 spiro atoms. The van der Waals surface area contributed by atoms with E-state index in [1.165, 1.54) is 5.56 Å². The summed E-state index contributed by atoms with van der Waals surface area (Å²) in [5, 5.41) is 4.00. The van der Waals surface area contributed by atoms with Crippen LogP contribution in [0.1, 0.15) is 23.6 Å². The third-order valence-electron chi connectivity index (χ3n) is 3.37. The van der Waals surface area contributed by atoms with Gasteiger partial charge in [-0.05, 0) is 55.3 Å². The van der Waals surface area contributed by atoms with E-state index in [-0.39, 0.29) is 0 Å². The maximum absolute atomic E-state index is 6.28. The molecule has 106 valence electrons. The van der Waals surface area contributed by atoms with Crippen molar-refractivity contribution in [2.45, 2.75) is 27.3 Å². The largest absolute Gasteiger partial charge is 0.457 e. The van der Waals surface area contributed by atoms with Crippen molar-refractivity contribution < 1.29 is 4.74 Å². The van der Waals surface area contributed by atoms with Gasteiger partial charge >= 0.3 is 0 Å². The molecule has 2 rings (SSSR count). The second-order valence-electron chi connectivity index (χ2n) is 4.83. The van der Waals surface area contributed by atoms with Gasteiger partial charge in [0.1, 0.15) is 11.5 Å². The Kier molecular flexibility index (Phi) is 5.05. The Morgan fingerprint density at radius 3 is 2.65 bits per heavy atom. The molecule has 2 aromatic carbocycles. The van der Waals surface area contributed by atoms with Crippen LogP contribution in [0.15, 0.2) is 36.4 Å². The standard InChI is InChI=1S/C17H20ClNO/c1-4-19-11-14-8-9-15(10-16(14)18)20-17-7-5-6-12(2)13(17)3/h5-10,19H,4,11H2,1-3H3. The maximum atomic E-state index is 6.28. The lowest BCUT2D eigenvalue weighted by molar-refractivity contribution is 0.478. The summed E-state index contributed by atoms with van der Waals surface area (Å²) >= 11 is 6.28. The first-order valence-electron chi connectivity index (χ1n) is 6.85. The van der Waals surface area contributed by atoms with Gasteiger partial charge in [-0.2, -0.15) is 0 Å². The summed E-state index contributed by atoms with van der Waals surface area (Å²) in [5.41, 5.74) is 3.46. The predicted molar refractivity (Wildman–Crippen MR) is 84.8 cm³/mol. The monoisotopic (exact) mass is 289 g/mol. The van der Waals surface area contributed by atoms with Crippen molar-refractivity contribution in [2.75, 3.05) is 6.54 Å². The van der Waals surface area contributed by atoms with Crippen LogP contribution in [0.25, 0.3) is 0 Å². The summed E-state index contributed by atoms with van der Waals surface area (Å²) in [5.74, 6) is 1.64. The van der Waals surface area contributed by atoms with Crippen LogP contribution in [0.4, 0.5) is 0 Å². The van der Waals surface area contributed by atoms with Crippen molar-refractivity contribution in [1.29, 1.82) is 0 Å². The van der Waals surface area contributed by atoms with Gasteiger partial charge in [-0.3, -0.25) is 0 Å². The van der Waals surface area contributed by atoms with Crippen molar-refractivity contribution in [1.82, 2.24) is 5.32 Å². The maximum Gasteiger partial charge on any atom is 0.130 e. The van der Waals surface area contributed by atoms with E-state index >= 15 is 0 Å². The normalized spacial score (nSPS) is 10.6. The minimum Gasteiger partial charge on any atom is -0.457 e. The zero-order chi connectivity index (χ0) is 14.5. The Balaban J connectivity index is 2.18. The molecule has 2 aromatic rings. The average Bonchev–Trinajstić information content (AvgIpc) is 2.43. The molecule has 0 aromatic heterocycles. The van der Waals surface area contributed by atoms with Crippen LogP contribution in [-0.4, -0.2) is 6.54 Å². The fraction of sp³-hybridized carbons (Fsp3) is 0.294. The highest BCUT2D eigenvalue weighted by Gasteiger charge is 2.06. The highest BCUT2D eigenvalue weighted by atomic mass is 35.5. The summed E-state index contributed by atoms with van der Waals surface area (Å²) < 4.78 is 5.93. The Labute approximate surface area is 125 Å². The van der Waals surface area contributed by atoms with E-state index in [0.29, 0.717) is 0 Å². The van der Waals surface area contributed by atoms with Crippen LogP contribution in [0.5, 0.6) is 11.5 Å². The topological polar surface area (TPSA) is 21.3 Å². The Morgan fingerprint density at radius 1 is 1.15 bits per heavy atom. The van der Waals surface area contributed by atoms with Gasteiger partial charge in [0, 0.05) is 11.6 Å². The average molecular weight is 290 g/mol. The summed E-state index contributed by atoms with van der Waals surface area (Å²) in [6, 6.07) is 11.9. The summed E-state index contributed by atoms with van der Waals surface area (Å²) in [7, 11) is 0. The van der Waals surface area contributed by atoms with Crippen molar-refractivity contribution in [2.24, 2.45) is 0 Å². The van der Waals surface area contributed by atoms with Gasteiger partial charge in [-0.15, -0.1) is 0 Å². The van der Waals surface area contributed by atoms with E-state index in [0.717, 1.165) is 40.7 Å². The van der Waals surface area contributed by atoms with Gasteiger partial charge in [0.25, 0.3) is 0 Å². The highest BCUT2D eigenvalue weighted by molar-refractivity contribution is 6.31. The molecule has 0 heterocycles. The second-order valence-corrected chi connectivity index (χ2v) is 5.24. The van der Waals surface area contributed by atoms with Crippen LogP contribution in [0.3, 0.4) is 0 Å². The van der Waals surface area contributed by atoms with Gasteiger partial charge in [0.05, 0.1) is 0 Å². The molecule has 0 aliphatic rings. The van der Waals surface area contributed by atoms with E-state index in [2.05, 4.69) is 32.2 Å². The highest BCUT2D eigenvalue weighted by Crippen LogP contribution is 2.29. The van der Waals surface area contributed by atoms with E-state index in [1.54, 1.807) is 0 Å². The molecule has 3 heteroatoms. The molecule has 0 aliphatic heterocycles. The molecule has 0 amide bonds. The molecule has 0 aliphatic carbocycles. The summed E-state index contributed by atoms with van der Waals surface area (Å²) in [4.78, 5) is 0. The molecule has 20 heavy (non-hydrogen) atoms. The summed E-state index contributed by atoms with van der Waals surface area (Å²) in [6.45, 7) is 7.92. The number of aryl methyl sites for hydroxylation is 1. The molecule has 0 saturated heterocycles. The molecule has 0 atom stereocenters. The molecule has 0 saturated carbocycles. The van der Waals surface area contributed by atoms with Crippen molar-refractivity contribution in [3.05, 3.63) is 58.1 Å². The minimum atomic E-state index is 0.730. The number of hydrogen-bond acceptors (Lipinski definition) is 2. The van der Waals surface area contributed by atoms with Gasteiger partial charge in [0.15, 0.2) is 0 Å². The van der Waals surface area contributed by atoms with Crippen molar-refractivity contribution in [3.8, 4) is 11.5 Å². The molecule has 0 fully saturated rings. The van der Waals surface area contributed by atoms with Gasteiger partial charge < -0.3 is 10.1 Å². The molecule has 0 bridgehead atoms. The third kappa shape index (κ3) is 3.53. The SMILES string of the molecule is CCNCc1ccc(Oc2cccc(C)c2C)cc1Cl. The zero-order valence-electron chi connectivity index (χ0n) is 12.2. The number of halogens is 1. The zero-order valence-corrected chi connectivity index (χ0v) is 12.9.